The number of rotatable bonds is 8. The van der Waals surface area contributed by atoms with E-state index >= 15 is 0 Å². The van der Waals surface area contributed by atoms with Crippen LogP contribution in [0, 0.1) is 0 Å². The fourth-order valence-electron chi connectivity index (χ4n) is 0.514. The van der Waals surface area contributed by atoms with Crippen molar-refractivity contribution in [2.45, 2.75) is 19.8 Å². The molecule has 0 heterocycles. The summed E-state index contributed by atoms with van der Waals surface area (Å²) < 4.78 is 10.6. The van der Waals surface area contributed by atoms with Crippen LogP contribution in [0.25, 0.3) is 0 Å². The molecule has 0 fully saturated rings. The van der Waals surface area contributed by atoms with Gasteiger partial charge < -0.3 is 0 Å². The zero-order chi connectivity index (χ0) is 8.36. The quantitative estimate of drug-likeness (QED) is 0.332. The number of unbranched alkanes of at least 4 members (excludes halogenated alkanes) is 1. The molecule has 0 amide bonds. The molecule has 64 valence electrons. The van der Waals surface area contributed by atoms with Crippen LogP contribution in [-0.2, 0) is 27.6 Å². The number of hydrogen-bond donors (Lipinski definition) is 0. The second-order valence-corrected chi connectivity index (χ2v) is 3.50. The molecule has 11 heavy (non-hydrogen) atoms. The molecule has 0 aromatic rings. The molecule has 0 saturated heterocycles. The predicted molar refractivity (Wildman–Crippen MR) is 41.9 cm³/mol. The van der Waals surface area contributed by atoms with Gasteiger partial charge in [0.15, 0.2) is 0 Å². The molecule has 0 aliphatic carbocycles. The van der Waals surface area contributed by atoms with E-state index in [1.54, 1.807) is 6.08 Å². The van der Waals surface area contributed by atoms with E-state index in [1.807, 2.05) is 0 Å². The van der Waals surface area contributed by atoms with Crippen molar-refractivity contribution < 1.29 is 27.6 Å². The Kier molecular flexibility index (Phi) is 10.7. The van der Waals surface area contributed by atoms with Gasteiger partial charge >= 0.3 is 78.1 Å². The molecule has 0 rings (SSSR count). The van der Waals surface area contributed by atoms with Gasteiger partial charge in [-0.25, -0.2) is 0 Å². The van der Waals surface area contributed by atoms with E-state index in [2.05, 4.69) is 13.5 Å². The maximum absolute atomic E-state index is 5.39. The van der Waals surface area contributed by atoms with Gasteiger partial charge in [0.2, 0.25) is 0 Å². The fraction of sp³-hybridized carbons (Fsp3) is 0.750. The molecule has 0 atom stereocenters. The second kappa shape index (κ2) is 10.4. The molecule has 0 unspecified atom stereocenters. The number of ether oxygens (including phenoxy) is 1. The Balaban J connectivity index is 2.74. The van der Waals surface area contributed by atoms with Gasteiger partial charge in [-0.3, -0.25) is 0 Å². The van der Waals surface area contributed by atoms with Crippen LogP contribution in [0.2, 0.25) is 0 Å². The zero-order valence-electron chi connectivity index (χ0n) is 7.14. The monoisotopic (exact) mass is 192 g/mol. The van der Waals surface area contributed by atoms with Crippen LogP contribution >= 0.6 is 0 Å². The minimum absolute atomic E-state index is 0.289. The molecular weight excluding hydrogens is 176 g/mol. The predicted octanol–water partition coefficient (Wildman–Crippen LogP) is 1.96. The summed E-state index contributed by atoms with van der Waals surface area (Å²) in [5.74, 6) is 0. The summed E-state index contributed by atoms with van der Waals surface area (Å²) in [6.45, 7) is 7.28. The summed E-state index contributed by atoms with van der Waals surface area (Å²) in [6, 6.07) is 0. The van der Waals surface area contributed by atoms with Crippen LogP contribution in [0.3, 0.4) is 0 Å². The van der Waals surface area contributed by atoms with Gasteiger partial charge in [0.1, 0.15) is 0 Å². The van der Waals surface area contributed by atoms with Crippen molar-refractivity contribution in [2.75, 3.05) is 18.1 Å². The standard InChI is InChI=1S/C4H7O.C4H9O.Ti/c1-3-4-5-2;1-2-3-4-5;/h3H,1-2,4H2;2-4H2,1H3;/q;-1;+1. The SMILES string of the molecule is C=CCO[CH2][Ti][O]CCCC. The molecule has 3 heteroatoms. The third kappa shape index (κ3) is 10.4. The Morgan fingerprint density at radius 1 is 1.55 bits per heavy atom. The maximum atomic E-state index is 5.39. The van der Waals surface area contributed by atoms with Gasteiger partial charge in [-0.1, -0.05) is 0 Å². The van der Waals surface area contributed by atoms with Crippen molar-refractivity contribution in [3.8, 4) is 0 Å². The van der Waals surface area contributed by atoms with Crippen LogP contribution in [0.15, 0.2) is 12.7 Å². The van der Waals surface area contributed by atoms with Gasteiger partial charge in [-0.05, 0) is 0 Å². The van der Waals surface area contributed by atoms with E-state index in [1.165, 1.54) is 12.8 Å². The van der Waals surface area contributed by atoms with E-state index in [0.717, 1.165) is 11.5 Å². The summed E-state index contributed by atoms with van der Waals surface area (Å²) in [6.07, 6.45) is 4.14. The molecule has 0 aromatic carbocycles. The van der Waals surface area contributed by atoms with Crippen molar-refractivity contribution in [2.24, 2.45) is 0 Å². The Morgan fingerprint density at radius 2 is 2.36 bits per heavy atom. The van der Waals surface area contributed by atoms with E-state index in [9.17, 15) is 0 Å². The van der Waals surface area contributed by atoms with E-state index in [-0.39, 0.29) is 19.5 Å². The Bertz CT molecular complexity index is 86.2. The zero-order valence-corrected chi connectivity index (χ0v) is 8.70. The van der Waals surface area contributed by atoms with Crippen LogP contribution in [0.4, 0.5) is 0 Å². The molecule has 0 aliphatic heterocycles. The summed E-state index contributed by atoms with van der Waals surface area (Å²) in [5, 5.41) is 0. The second-order valence-electron chi connectivity index (χ2n) is 2.15. The minimum atomic E-state index is -0.289. The van der Waals surface area contributed by atoms with Crippen molar-refractivity contribution in [3.63, 3.8) is 0 Å². The molecule has 0 bridgehead atoms. The van der Waals surface area contributed by atoms with Crippen LogP contribution in [-0.4, -0.2) is 18.1 Å². The average molecular weight is 192 g/mol. The fourth-order valence-corrected chi connectivity index (χ4v) is 1.41. The van der Waals surface area contributed by atoms with E-state index in [4.69, 9.17) is 8.06 Å². The van der Waals surface area contributed by atoms with Crippen molar-refractivity contribution in [3.05, 3.63) is 12.7 Å². The van der Waals surface area contributed by atoms with Crippen LogP contribution < -0.4 is 0 Å². The summed E-state index contributed by atoms with van der Waals surface area (Å²) in [7, 11) is 0. The molecule has 0 N–H and O–H groups in total. The van der Waals surface area contributed by atoms with Gasteiger partial charge in [0, 0.05) is 0 Å². The van der Waals surface area contributed by atoms with Crippen LogP contribution in [0.1, 0.15) is 19.8 Å². The third-order valence-corrected chi connectivity index (χ3v) is 2.24. The van der Waals surface area contributed by atoms with E-state index < -0.39 is 0 Å². The molecule has 2 nitrogen and oxygen atoms in total. The first kappa shape index (κ1) is 11.4. The first-order valence-corrected chi connectivity index (χ1v) is 5.69. The first-order chi connectivity index (χ1) is 5.41. The topological polar surface area (TPSA) is 18.5 Å². The number of hydrogen-bond acceptors (Lipinski definition) is 2. The van der Waals surface area contributed by atoms with Gasteiger partial charge in [0.05, 0.1) is 0 Å². The summed E-state index contributed by atoms with van der Waals surface area (Å²) in [4.78, 5) is 0.801. The van der Waals surface area contributed by atoms with Gasteiger partial charge in [0.25, 0.3) is 0 Å². The van der Waals surface area contributed by atoms with Gasteiger partial charge in [-0.2, -0.15) is 0 Å². The molecule has 0 spiro atoms. The Morgan fingerprint density at radius 3 is 3.00 bits per heavy atom. The van der Waals surface area contributed by atoms with Crippen molar-refractivity contribution in [1.29, 1.82) is 0 Å². The molecule has 0 aromatic heterocycles. The third-order valence-electron chi connectivity index (χ3n) is 1.10. The summed E-state index contributed by atoms with van der Waals surface area (Å²) in [5.41, 5.74) is 0. The molecular formula is C8H16O2Ti. The summed E-state index contributed by atoms with van der Waals surface area (Å²) >= 11 is -0.289. The van der Waals surface area contributed by atoms with Crippen molar-refractivity contribution >= 4 is 0 Å². The average Bonchev–Trinajstić information content (AvgIpc) is 2.03. The first-order valence-electron chi connectivity index (χ1n) is 3.95. The molecule has 0 radical (unpaired) electrons. The molecule has 0 saturated carbocycles. The van der Waals surface area contributed by atoms with Gasteiger partial charge in [-0.15, -0.1) is 0 Å². The normalized spacial score (nSPS) is 9.55. The van der Waals surface area contributed by atoms with E-state index in [0.29, 0.717) is 6.61 Å². The molecule has 0 aliphatic rings. The van der Waals surface area contributed by atoms with Crippen LogP contribution in [0.5, 0.6) is 0 Å². The Labute approximate surface area is 78.4 Å². The van der Waals surface area contributed by atoms with Crippen molar-refractivity contribution in [1.82, 2.24) is 0 Å². The Hall–Kier alpha value is 0.374.